The summed E-state index contributed by atoms with van der Waals surface area (Å²) in [6, 6.07) is 8.24. The van der Waals surface area contributed by atoms with Crippen LogP contribution >= 0.6 is 11.6 Å². The van der Waals surface area contributed by atoms with Gasteiger partial charge in [-0.25, -0.2) is 4.68 Å². The van der Waals surface area contributed by atoms with Crippen molar-refractivity contribution in [3.63, 3.8) is 0 Å². The predicted octanol–water partition coefficient (Wildman–Crippen LogP) is 5.73. The Morgan fingerprint density at radius 2 is 1.81 bits per heavy atom. The highest BCUT2D eigenvalue weighted by Crippen LogP contribution is 2.31. The van der Waals surface area contributed by atoms with E-state index in [4.69, 9.17) is 16.7 Å². The van der Waals surface area contributed by atoms with Crippen LogP contribution in [0, 0.1) is 0 Å². The normalized spacial score (nSPS) is 12.1. The van der Waals surface area contributed by atoms with Crippen LogP contribution in [0.2, 0.25) is 5.02 Å². The molecule has 3 heteroatoms. The zero-order valence-electron chi connectivity index (χ0n) is 13.7. The van der Waals surface area contributed by atoms with E-state index in [0.717, 1.165) is 29.2 Å². The predicted molar refractivity (Wildman–Crippen MR) is 90.6 cm³/mol. The van der Waals surface area contributed by atoms with Crippen molar-refractivity contribution in [3.8, 4) is 5.69 Å². The van der Waals surface area contributed by atoms with E-state index < -0.39 is 0 Å². The fourth-order valence-corrected chi connectivity index (χ4v) is 2.81. The van der Waals surface area contributed by atoms with Crippen LogP contribution in [0.4, 0.5) is 0 Å². The first-order valence-electron chi connectivity index (χ1n) is 7.72. The van der Waals surface area contributed by atoms with E-state index in [1.807, 2.05) is 23.0 Å². The maximum absolute atomic E-state index is 6.21. The lowest BCUT2D eigenvalue weighted by atomic mass is 9.92. The fourth-order valence-electron chi connectivity index (χ4n) is 2.65. The van der Waals surface area contributed by atoms with E-state index in [2.05, 4.69) is 46.8 Å². The van der Waals surface area contributed by atoms with Crippen molar-refractivity contribution in [2.75, 3.05) is 0 Å². The van der Waals surface area contributed by atoms with Gasteiger partial charge in [0.1, 0.15) is 0 Å². The maximum atomic E-state index is 6.21. The molecule has 0 spiro atoms. The zero-order valence-corrected chi connectivity index (χ0v) is 14.4. The highest BCUT2D eigenvalue weighted by molar-refractivity contribution is 6.30. The van der Waals surface area contributed by atoms with Gasteiger partial charge >= 0.3 is 0 Å². The van der Waals surface area contributed by atoms with E-state index in [1.54, 1.807) is 0 Å². The number of nitrogens with zero attached hydrogens (tertiary/aromatic N) is 2. The second kappa shape index (κ2) is 6.23. The summed E-state index contributed by atoms with van der Waals surface area (Å²) in [5, 5.41) is 5.52. The van der Waals surface area contributed by atoms with Crippen LogP contribution < -0.4 is 0 Å². The van der Waals surface area contributed by atoms with Gasteiger partial charge in [-0.15, -0.1) is 0 Å². The van der Waals surface area contributed by atoms with Crippen LogP contribution in [-0.2, 0) is 5.41 Å². The summed E-state index contributed by atoms with van der Waals surface area (Å²) in [7, 11) is 0. The number of hydrogen-bond donors (Lipinski definition) is 0. The molecule has 0 saturated carbocycles. The summed E-state index contributed by atoms with van der Waals surface area (Å²) < 4.78 is 1.97. The van der Waals surface area contributed by atoms with Crippen LogP contribution in [0.5, 0.6) is 0 Å². The first-order valence-corrected chi connectivity index (χ1v) is 8.10. The molecule has 1 heterocycles. The number of hydrogen-bond acceptors (Lipinski definition) is 1. The molecule has 2 rings (SSSR count). The lowest BCUT2D eigenvalue weighted by Gasteiger charge is -2.18. The van der Waals surface area contributed by atoms with E-state index in [0.29, 0.717) is 5.92 Å². The van der Waals surface area contributed by atoms with Crippen LogP contribution in [0.1, 0.15) is 64.6 Å². The molecule has 0 atom stereocenters. The van der Waals surface area contributed by atoms with Crippen LogP contribution in [-0.4, -0.2) is 9.78 Å². The molecule has 0 N–H and O–H groups in total. The van der Waals surface area contributed by atoms with E-state index in [9.17, 15) is 0 Å². The molecular formula is C18H25ClN2. The average Bonchev–Trinajstić information content (AvgIpc) is 2.91. The van der Waals surface area contributed by atoms with Gasteiger partial charge in [0, 0.05) is 16.6 Å². The Bertz CT molecular complexity index is 604. The summed E-state index contributed by atoms with van der Waals surface area (Å²) in [6.07, 6.45) is 4.29. The molecule has 2 nitrogen and oxygen atoms in total. The lowest BCUT2D eigenvalue weighted by Crippen LogP contribution is -2.13. The maximum Gasteiger partial charge on any atom is 0.0695 e. The van der Waals surface area contributed by atoms with Gasteiger partial charge in [0.25, 0.3) is 0 Å². The molecule has 1 aromatic carbocycles. The summed E-state index contributed by atoms with van der Waals surface area (Å²) >= 11 is 6.21. The molecular weight excluding hydrogens is 280 g/mol. The quantitative estimate of drug-likeness (QED) is 0.705. The second-order valence-electron chi connectivity index (χ2n) is 6.61. The van der Waals surface area contributed by atoms with Crippen molar-refractivity contribution >= 4 is 11.6 Å². The van der Waals surface area contributed by atoms with Gasteiger partial charge in [-0.2, -0.15) is 5.10 Å². The molecule has 21 heavy (non-hydrogen) atoms. The topological polar surface area (TPSA) is 17.8 Å². The summed E-state index contributed by atoms with van der Waals surface area (Å²) in [5.41, 5.74) is 3.58. The molecule has 0 fully saturated rings. The van der Waals surface area contributed by atoms with Crippen LogP contribution in [0.15, 0.2) is 30.5 Å². The van der Waals surface area contributed by atoms with Gasteiger partial charge in [0.15, 0.2) is 0 Å². The molecule has 0 amide bonds. The van der Waals surface area contributed by atoms with Crippen molar-refractivity contribution in [3.05, 3.63) is 46.7 Å². The third-order valence-corrected chi connectivity index (χ3v) is 4.26. The van der Waals surface area contributed by atoms with Crippen LogP contribution in [0.3, 0.4) is 0 Å². The number of aromatic nitrogens is 2. The van der Waals surface area contributed by atoms with Crippen molar-refractivity contribution in [1.29, 1.82) is 0 Å². The van der Waals surface area contributed by atoms with E-state index in [1.165, 1.54) is 5.56 Å². The van der Waals surface area contributed by atoms with Gasteiger partial charge in [-0.1, -0.05) is 52.3 Å². The molecule has 0 saturated heterocycles. The van der Waals surface area contributed by atoms with Crippen molar-refractivity contribution in [1.82, 2.24) is 9.78 Å². The minimum atomic E-state index is 0.0545. The number of benzene rings is 1. The third-order valence-electron chi connectivity index (χ3n) is 4.02. The first-order chi connectivity index (χ1) is 9.86. The molecule has 2 aromatic rings. The summed E-state index contributed by atoms with van der Waals surface area (Å²) in [4.78, 5) is 0. The molecule has 1 aromatic heterocycles. The lowest BCUT2D eigenvalue weighted by molar-refractivity contribution is 0.559. The van der Waals surface area contributed by atoms with Gasteiger partial charge in [0.2, 0.25) is 0 Å². The Morgan fingerprint density at radius 1 is 1.14 bits per heavy atom. The van der Waals surface area contributed by atoms with Crippen molar-refractivity contribution in [2.24, 2.45) is 0 Å². The number of halogens is 1. The Kier molecular flexibility index (Phi) is 4.77. The first kappa shape index (κ1) is 16.1. The largest absolute Gasteiger partial charge is 0.240 e. The Hall–Kier alpha value is -1.28. The highest BCUT2D eigenvalue weighted by atomic mass is 35.5. The Labute approximate surface area is 133 Å². The standard InChI is InChI=1S/C18H25ClN2/c1-6-13(7-2)15-9-8-14(19)12-16(15)21-11-10-17(20-21)18(3,4)5/h8-13H,6-7H2,1-5H3. The molecule has 0 unspecified atom stereocenters. The van der Waals surface area contributed by atoms with Crippen LogP contribution in [0.25, 0.3) is 5.69 Å². The molecule has 0 aliphatic rings. The van der Waals surface area contributed by atoms with E-state index >= 15 is 0 Å². The minimum absolute atomic E-state index is 0.0545. The molecule has 0 bridgehead atoms. The zero-order chi connectivity index (χ0) is 15.6. The van der Waals surface area contributed by atoms with Crippen molar-refractivity contribution < 1.29 is 0 Å². The Balaban J connectivity index is 2.52. The SMILES string of the molecule is CCC(CC)c1ccc(Cl)cc1-n1ccc(C(C)(C)C)n1. The summed E-state index contributed by atoms with van der Waals surface area (Å²) in [5.74, 6) is 0.541. The third kappa shape index (κ3) is 3.49. The molecule has 0 aliphatic heterocycles. The minimum Gasteiger partial charge on any atom is -0.240 e. The highest BCUT2D eigenvalue weighted by Gasteiger charge is 2.19. The smallest absolute Gasteiger partial charge is 0.0695 e. The van der Waals surface area contributed by atoms with Gasteiger partial charge in [-0.3, -0.25) is 0 Å². The van der Waals surface area contributed by atoms with Crippen molar-refractivity contribution in [2.45, 2.75) is 58.8 Å². The average molecular weight is 305 g/mol. The Morgan fingerprint density at radius 3 is 2.33 bits per heavy atom. The van der Waals surface area contributed by atoms with Gasteiger partial charge < -0.3 is 0 Å². The van der Waals surface area contributed by atoms with Gasteiger partial charge in [-0.05, 0) is 42.5 Å². The van der Waals surface area contributed by atoms with E-state index in [-0.39, 0.29) is 5.41 Å². The molecule has 0 aliphatic carbocycles. The second-order valence-corrected chi connectivity index (χ2v) is 7.05. The monoisotopic (exact) mass is 304 g/mol. The van der Waals surface area contributed by atoms with Gasteiger partial charge in [0.05, 0.1) is 11.4 Å². The fraction of sp³-hybridized carbons (Fsp3) is 0.500. The number of rotatable bonds is 4. The molecule has 0 radical (unpaired) electrons. The molecule has 114 valence electrons. The summed E-state index contributed by atoms with van der Waals surface area (Å²) in [6.45, 7) is 11.0.